The molecule has 0 aliphatic heterocycles. The molecule has 0 bridgehead atoms. The zero-order valence-electron chi connectivity index (χ0n) is 14.9. The Balaban J connectivity index is 1.78. The summed E-state index contributed by atoms with van der Waals surface area (Å²) in [5.41, 5.74) is 1.48. The van der Waals surface area contributed by atoms with Crippen LogP contribution < -0.4 is 5.43 Å². The molecule has 0 aliphatic rings. The predicted molar refractivity (Wildman–Crippen MR) is 102 cm³/mol. The summed E-state index contributed by atoms with van der Waals surface area (Å²) < 4.78 is 1.79. The number of aromatic nitrogens is 1. The Morgan fingerprint density at radius 1 is 1.12 bits per heavy atom. The van der Waals surface area contributed by atoms with Crippen molar-refractivity contribution in [2.75, 3.05) is 13.6 Å². The number of para-hydroxylation sites is 1. The molecule has 1 heterocycles. The number of rotatable bonds is 5. The Morgan fingerprint density at radius 2 is 1.77 bits per heavy atom. The van der Waals surface area contributed by atoms with Gasteiger partial charge in [0.05, 0.1) is 11.6 Å². The molecule has 0 aliphatic carbocycles. The van der Waals surface area contributed by atoms with Gasteiger partial charge in [0.15, 0.2) is 0 Å². The molecule has 2 aromatic carbocycles. The van der Waals surface area contributed by atoms with E-state index in [9.17, 15) is 14.7 Å². The van der Waals surface area contributed by atoms with Crippen molar-refractivity contribution in [3.63, 3.8) is 0 Å². The third kappa shape index (κ3) is 3.53. The standard InChI is InChI=1S/C21H22N2O3/c1-22(13-12-19(24)15-8-4-3-5-9-15)21(26)17-14-23(2)18-11-7-6-10-16(18)20(17)25/h3-11,14,19,24H,12-13H2,1-2H3/t19-/m0/s1. The van der Waals surface area contributed by atoms with Gasteiger partial charge in [-0.05, 0) is 24.1 Å². The number of nitrogens with zero attached hydrogens (tertiary/aromatic N) is 2. The van der Waals surface area contributed by atoms with E-state index in [0.29, 0.717) is 18.4 Å². The molecular formula is C21H22N2O3. The smallest absolute Gasteiger partial charge is 0.259 e. The first kappa shape index (κ1) is 17.9. The van der Waals surface area contributed by atoms with Gasteiger partial charge in [0.25, 0.3) is 5.91 Å². The van der Waals surface area contributed by atoms with Crippen LogP contribution in [0.3, 0.4) is 0 Å². The van der Waals surface area contributed by atoms with Crippen LogP contribution in [0.15, 0.2) is 65.6 Å². The van der Waals surface area contributed by atoms with Gasteiger partial charge in [-0.25, -0.2) is 0 Å². The van der Waals surface area contributed by atoms with Crippen LogP contribution in [-0.2, 0) is 7.05 Å². The lowest BCUT2D eigenvalue weighted by molar-refractivity contribution is 0.0759. The predicted octanol–water partition coefficient (Wildman–Crippen LogP) is 2.73. The topological polar surface area (TPSA) is 62.5 Å². The molecule has 26 heavy (non-hydrogen) atoms. The van der Waals surface area contributed by atoms with Crippen LogP contribution in [0.25, 0.3) is 10.9 Å². The van der Waals surface area contributed by atoms with Gasteiger partial charge in [0.1, 0.15) is 5.56 Å². The van der Waals surface area contributed by atoms with E-state index in [2.05, 4.69) is 0 Å². The first-order valence-corrected chi connectivity index (χ1v) is 8.56. The minimum Gasteiger partial charge on any atom is -0.388 e. The SMILES string of the molecule is CN(CC[C@H](O)c1ccccc1)C(=O)c1cn(C)c2ccccc2c1=O. The lowest BCUT2D eigenvalue weighted by Crippen LogP contribution is -2.33. The summed E-state index contributed by atoms with van der Waals surface area (Å²) in [5.74, 6) is -0.336. The van der Waals surface area contributed by atoms with Crippen LogP contribution in [0.2, 0.25) is 0 Å². The monoisotopic (exact) mass is 350 g/mol. The zero-order chi connectivity index (χ0) is 18.7. The molecule has 0 unspecified atom stereocenters. The van der Waals surface area contributed by atoms with Crippen LogP contribution in [0.1, 0.15) is 28.4 Å². The summed E-state index contributed by atoms with van der Waals surface area (Å²) in [5, 5.41) is 10.8. The first-order valence-electron chi connectivity index (χ1n) is 8.56. The molecule has 3 rings (SSSR count). The van der Waals surface area contributed by atoms with Crippen molar-refractivity contribution in [3.05, 3.63) is 82.1 Å². The first-order chi connectivity index (χ1) is 12.5. The number of carbonyl (C=O) groups is 1. The highest BCUT2D eigenvalue weighted by molar-refractivity contribution is 5.97. The van der Waals surface area contributed by atoms with Crippen LogP contribution in [0.4, 0.5) is 0 Å². The van der Waals surface area contributed by atoms with Gasteiger partial charge in [-0.1, -0.05) is 42.5 Å². The van der Waals surface area contributed by atoms with E-state index in [4.69, 9.17) is 0 Å². The molecule has 0 fully saturated rings. The van der Waals surface area contributed by atoms with Gasteiger partial charge < -0.3 is 14.6 Å². The van der Waals surface area contributed by atoms with Crippen LogP contribution in [-0.4, -0.2) is 34.1 Å². The summed E-state index contributed by atoms with van der Waals surface area (Å²) in [6.07, 6.45) is 1.34. The van der Waals surface area contributed by atoms with E-state index in [1.165, 1.54) is 4.90 Å². The lowest BCUT2D eigenvalue weighted by atomic mass is 10.1. The maximum atomic E-state index is 12.7. The van der Waals surface area contributed by atoms with Crippen molar-refractivity contribution in [1.82, 2.24) is 9.47 Å². The molecule has 0 saturated carbocycles. The highest BCUT2D eigenvalue weighted by Crippen LogP contribution is 2.17. The Hall–Kier alpha value is -2.92. The second-order valence-corrected chi connectivity index (χ2v) is 6.44. The van der Waals surface area contributed by atoms with Gasteiger partial charge >= 0.3 is 0 Å². The summed E-state index contributed by atoms with van der Waals surface area (Å²) >= 11 is 0. The molecule has 5 nitrogen and oxygen atoms in total. The Labute approximate surface area is 152 Å². The minimum absolute atomic E-state index is 0.142. The number of carbonyl (C=O) groups excluding carboxylic acids is 1. The third-order valence-corrected chi connectivity index (χ3v) is 4.60. The number of amides is 1. The quantitative estimate of drug-likeness (QED) is 0.770. The molecule has 1 atom stereocenters. The average Bonchev–Trinajstić information content (AvgIpc) is 2.68. The van der Waals surface area contributed by atoms with Gasteiger partial charge in [0, 0.05) is 32.2 Å². The molecule has 3 aromatic rings. The number of fused-ring (bicyclic) bond motifs is 1. The van der Waals surface area contributed by atoms with Crippen molar-refractivity contribution in [1.29, 1.82) is 0 Å². The molecule has 1 aromatic heterocycles. The fourth-order valence-electron chi connectivity index (χ4n) is 3.06. The second-order valence-electron chi connectivity index (χ2n) is 6.44. The second kappa shape index (κ2) is 7.54. The molecule has 0 spiro atoms. The van der Waals surface area contributed by atoms with Gasteiger partial charge in [-0.2, -0.15) is 0 Å². The summed E-state index contributed by atoms with van der Waals surface area (Å²) in [6, 6.07) is 16.6. The van der Waals surface area contributed by atoms with Crippen LogP contribution in [0.5, 0.6) is 0 Å². The fraction of sp³-hybridized carbons (Fsp3) is 0.238. The molecular weight excluding hydrogens is 328 g/mol. The van der Waals surface area contributed by atoms with Crippen molar-refractivity contribution in [2.45, 2.75) is 12.5 Å². The highest BCUT2D eigenvalue weighted by Gasteiger charge is 2.19. The summed E-state index contributed by atoms with van der Waals surface area (Å²) in [7, 11) is 3.46. The minimum atomic E-state index is -0.647. The van der Waals surface area contributed by atoms with E-state index in [1.54, 1.807) is 29.9 Å². The number of aliphatic hydroxyl groups excluding tert-OH is 1. The molecule has 1 amide bonds. The summed E-state index contributed by atoms with van der Waals surface area (Å²) in [6.45, 7) is 0.352. The fourth-order valence-corrected chi connectivity index (χ4v) is 3.06. The van der Waals surface area contributed by atoms with Gasteiger partial charge in [-0.15, -0.1) is 0 Å². The van der Waals surface area contributed by atoms with Crippen molar-refractivity contribution < 1.29 is 9.90 Å². The molecule has 134 valence electrons. The number of hydrogen-bond donors (Lipinski definition) is 1. The van der Waals surface area contributed by atoms with E-state index in [1.807, 2.05) is 49.5 Å². The number of pyridine rings is 1. The normalized spacial score (nSPS) is 12.1. The third-order valence-electron chi connectivity index (χ3n) is 4.60. The maximum Gasteiger partial charge on any atom is 0.259 e. The molecule has 1 N–H and O–H groups in total. The van der Waals surface area contributed by atoms with E-state index in [-0.39, 0.29) is 16.9 Å². The average molecular weight is 350 g/mol. The number of aliphatic hydroxyl groups is 1. The highest BCUT2D eigenvalue weighted by atomic mass is 16.3. The molecule has 5 heteroatoms. The largest absolute Gasteiger partial charge is 0.388 e. The zero-order valence-corrected chi connectivity index (χ0v) is 14.9. The van der Waals surface area contributed by atoms with Crippen molar-refractivity contribution in [2.24, 2.45) is 7.05 Å². The maximum absolute atomic E-state index is 12.7. The Morgan fingerprint density at radius 3 is 2.50 bits per heavy atom. The number of benzene rings is 2. The summed E-state index contributed by atoms with van der Waals surface area (Å²) in [4.78, 5) is 26.9. The van der Waals surface area contributed by atoms with Crippen molar-refractivity contribution >= 4 is 16.8 Å². The van der Waals surface area contributed by atoms with E-state index < -0.39 is 6.10 Å². The van der Waals surface area contributed by atoms with E-state index in [0.717, 1.165) is 11.1 Å². The molecule has 0 radical (unpaired) electrons. The molecule has 0 saturated heterocycles. The van der Waals surface area contributed by atoms with Gasteiger partial charge in [-0.3, -0.25) is 9.59 Å². The van der Waals surface area contributed by atoms with Gasteiger partial charge in [0.2, 0.25) is 5.43 Å². The lowest BCUT2D eigenvalue weighted by Gasteiger charge is -2.20. The Kier molecular flexibility index (Phi) is 5.19. The van der Waals surface area contributed by atoms with E-state index >= 15 is 0 Å². The number of aryl methyl sites for hydroxylation is 1. The Bertz CT molecular complexity index is 979. The van der Waals surface area contributed by atoms with Crippen LogP contribution >= 0.6 is 0 Å². The number of hydrogen-bond acceptors (Lipinski definition) is 3. The van der Waals surface area contributed by atoms with Crippen molar-refractivity contribution in [3.8, 4) is 0 Å². The van der Waals surface area contributed by atoms with Crippen LogP contribution in [0, 0.1) is 0 Å².